The molecule has 13 heavy (non-hydrogen) atoms. The lowest BCUT2D eigenvalue weighted by Crippen LogP contribution is -1.86. The highest BCUT2D eigenvalue weighted by Gasteiger charge is 2.03. The summed E-state index contributed by atoms with van der Waals surface area (Å²) in [6, 6.07) is 7.06. The number of hydrogen-bond acceptors (Lipinski definition) is 1. The summed E-state index contributed by atoms with van der Waals surface area (Å²) >= 11 is 3.21. The molecular formula is C10H7BrFN. The Balaban J connectivity index is 2.87. The number of hydrogen-bond donors (Lipinski definition) is 0. The van der Waals surface area contributed by atoms with E-state index in [1.54, 1.807) is 6.07 Å². The summed E-state index contributed by atoms with van der Waals surface area (Å²) in [4.78, 5) is 4.06. The van der Waals surface area contributed by atoms with Crippen molar-refractivity contribution in [3.63, 3.8) is 0 Å². The SMILES string of the molecule is Cc1cc(F)c2nc(Br)ccc2c1. The van der Waals surface area contributed by atoms with Gasteiger partial charge in [-0.1, -0.05) is 6.07 Å². The van der Waals surface area contributed by atoms with Crippen molar-refractivity contribution < 1.29 is 4.39 Å². The van der Waals surface area contributed by atoms with E-state index in [0.717, 1.165) is 10.9 Å². The number of halogens is 2. The van der Waals surface area contributed by atoms with E-state index in [0.29, 0.717) is 10.1 Å². The molecule has 0 radical (unpaired) electrons. The van der Waals surface area contributed by atoms with Crippen molar-refractivity contribution in [3.8, 4) is 0 Å². The van der Waals surface area contributed by atoms with Crippen molar-refractivity contribution >= 4 is 26.8 Å². The van der Waals surface area contributed by atoms with Gasteiger partial charge in [-0.3, -0.25) is 0 Å². The summed E-state index contributed by atoms with van der Waals surface area (Å²) in [5.74, 6) is -0.267. The molecule has 0 spiro atoms. The normalized spacial score (nSPS) is 10.7. The van der Waals surface area contributed by atoms with Gasteiger partial charge in [0.2, 0.25) is 0 Å². The molecule has 1 aromatic heterocycles. The second-order valence-corrected chi connectivity index (χ2v) is 3.76. The first-order valence-corrected chi connectivity index (χ1v) is 4.68. The van der Waals surface area contributed by atoms with Crippen molar-refractivity contribution in [2.75, 3.05) is 0 Å². The number of benzene rings is 1. The third-order valence-corrected chi connectivity index (χ3v) is 2.30. The number of aromatic nitrogens is 1. The van der Waals surface area contributed by atoms with E-state index in [-0.39, 0.29) is 5.82 Å². The van der Waals surface area contributed by atoms with Gasteiger partial charge >= 0.3 is 0 Å². The van der Waals surface area contributed by atoms with E-state index < -0.39 is 0 Å². The Hall–Kier alpha value is -0.960. The van der Waals surface area contributed by atoms with Crippen LogP contribution in [0.2, 0.25) is 0 Å². The Morgan fingerprint density at radius 3 is 2.85 bits per heavy atom. The smallest absolute Gasteiger partial charge is 0.149 e. The quantitative estimate of drug-likeness (QED) is 0.642. The monoisotopic (exact) mass is 239 g/mol. The van der Waals surface area contributed by atoms with Gasteiger partial charge in [-0.25, -0.2) is 9.37 Å². The predicted octanol–water partition coefficient (Wildman–Crippen LogP) is 3.44. The van der Waals surface area contributed by atoms with Crippen molar-refractivity contribution in [3.05, 3.63) is 40.2 Å². The summed E-state index contributed by atoms with van der Waals surface area (Å²) in [6.07, 6.45) is 0. The molecule has 2 aromatic rings. The summed E-state index contributed by atoms with van der Waals surface area (Å²) in [5.41, 5.74) is 1.33. The van der Waals surface area contributed by atoms with Crippen LogP contribution in [0, 0.1) is 12.7 Å². The first-order valence-electron chi connectivity index (χ1n) is 3.89. The van der Waals surface area contributed by atoms with Crippen LogP contribution in [-0.4, -0.2) is 4.98 Å². The minimum Gasteiger partial charge on any atom is -0.238 e. The number of nitrogens with zero attached hydrogens (tertiary/aromatic N) is 1. The molecule has 0 bridgehead atoms. The van der Waals surface area contributed by atoms with Crippen LogP contribution in [0.15, 0.2) is 28.9 Å². The van der Waals surface area contributed by atoms with Crippen LogP contribution in [0.25, 0.3) is 10.9 Å². The van der Waals surface area contributed by atoms with Crippen LogP contribution >= 0.6 is 15.9 Å². The number of aryl methyl sites for hydroxylation is 1. The molecule has 0 amide bonds. The highest BCUT2D eigenvalue weighted by atomic mass is 79.9. The van der Waals surface area contributed by atoms with Crippen LogP contribution in [-0.2, 0) is 0 Å². The molecule has 0 aliphatic carbocycles. The highest BCUT2D eigenvalue weighted by Crippen LogP contribution is 2.20. The van der Waals surface area contributed by atoms with Gasteiger partial charge < -0.3 is 0 Å². The molecule has 0 atom stereocenters. The van der Waals surface area contributed by atoms with Crippen LogP contribution in [0.1, 0.15) is 5.56 Å². The maximum Gasteiger partial charge on any atom is 0.149 e. The average Bonchev–Trinajstić information content (AvgIpc) is 2.06. The lowest BCUT2D eigenvalue weighted by atomic mass is 10.1. The first kappa shape index (κ1) is 8.63. The molecule has 0 unspecified atom stereocenters. The average molecular weight is 240 g/mol. The van der Waals surface area contributed by atoms with Crippen LogP contribution < -0.4 is 0 Å². The van der Waals surface area contributed by atoms with E-state index in [2.05, 4.69) is 20.9 Å². The summed E-state index contributed by atoms with van der Waals surface area (Å²) in [6.45, 7) is 1.87. The van der Waals surface area contributed by atoms with Crippen LogP contribution in [0.5, 0.6) is 0 Å². The van der Waals surface area contributed by atoms with Gasteiger partial charge in [0.05, 0.1) is 0 Å². The predicted molar refractivity (Wildman–Crippen MR) is 54.1 cm³/mol. The van der Waals surface area contributed by atoms with Gasteiger partial charge in [-0.05, 0) is 46.6 Å². The maximum absolute atomic E-state index is 13.3. The van der Waals surface area contributed by atoms with Gasteiger partial charge in [-0.2, -0.15) is 0 Å². The molecule has 0 fully saturated rings. The molecule has 0 saturated heterocycles. The van der Waals surface area contributed by atoms with Crippen molar-refractivity contribution in [1.82, 2.24) is 4.98 Å². The maximum atomic E-state index is 13.3. The van der Waals surface area contributed by atoms with Crippen molar-refractivity contribution in [2.24, 2.45) is 0 Å². The zero-order valence-corrected chi connectivity index (χ0v) is 8.60. The van der Waals surface area contributed by atoms with Crippen molar-refractivity contribution in [1.29, 1.82) is 0 Å². The molecule has 0 aliphatic heterocycles. The van der Waals surface area contributed by atoms with Gasteiger partial charge in [0.25, 0.3) is 0 Å². The molecule has 3 heteroatoms. The fraction of sp³-hybridized carbons (Fsp3) is 0.100. The fourth-order valence-corrected chi connectivity index (χ4v) is 1.62. The lowest BCUT2D eigenvalue weighted by Gasteiger charge is -2.00. The Labute approximate surface area is 83.7 Å². The number of pyridine rings is 1. The summed E-state index contributed by atoms with van der Waals surface area (Å²) < 4.78 is 14.0. The first-order chi connectivity index (χ1) is 6.16. The Morgan fingerprint density at radius 2 is 2.08 bits per heavy atom. The molecular weight excluding hydrogens is 233 g/mol. The lowest BCUT2D eigenvalue weighted by molar-refractivity contribution is 0.635. The standard InChI is InChI=1S/C10H7BrFN/c1-6-4-7-2-3-9(11)13-10(7)8(12)5-6/h2-5H,1H3. The Bertz CT molecular complexity index is 468. The van der Waals surface area contributed by atoms with Gasteiger partial charge in [0, 0.05) is 5.39 Å². The molecule has 1 aromatic carbocycles. The molecule has 1 heterocycles. The Morgan fingerprint density at radius 1 is 1.31 bits per heavy atom. The molecule has 2 rings (SSSR count). The second-order valence-electron chi connectivity index (χ2n) is 2.95. The van der Waals surface area contributed by atoms with Gasteiger partial charge in [-0.15, -0.1) is 0 Å². The van der Waals surface area contributed by atoms with Gasteiger partial charge in [0.1, 0.15) is 15.9 Å². The number of fused-ring (bicyclic) bond motifs is 1. The Kier molecular flexibility index (Phi) is 2.04. The molecule has 0 N–H and O–H groups in total. The van der Waals surface area contributed by atoms with Crippen LogP contribution in [0.3, 0.4) is 0 Å². The van der Waals surface area contributed by atoms with E-state index in [9.17, 15) is 4.39 Å². The van der Waals surface area contributed by atoms with Crippen LogP contribution in [0.4, 0.5) is 4.39 Å². The second kappa shape index (κ2) is 3.07. The third kappa shape index (κ3) is 1.56. The largest absolute Gasteiger partial charge is 0.238 e. The fourth-order valence-electron chi connectivity index (χ4n) is 1.31. The van der Waals surface area contributed by atoms with E-state index >= 15 is 0 Å². The molecule has 0 saturated carbocycles. The number of rotatable bonds is 0. The molecule has 1 nitrogen and oxygen atoms in total. The van der Waals surface area contributed by atoms with Crippen molar-refractivity contribution in [2.45, 2.75) is 6.92 Å². The summed E-state index contributed by atoms with van der Waals surface area (Å²) in [5, 5.41) is 0.834. The minimum absolute atomic E-state index is 0.267. The third-order valence-electron chi connectivity index (χ3n) is 1.86. The summed E-state index contributed by atoms with van der Waals surface area (Å²) in [7, 11) is 0. The highest BCUT2D eigenvalue weighted by molar-refractivity contribution is 9.10. The van der Waals surface area contributed by atoms with E-state index in [1.165, 1.54) is 6.07 Å². The minimum atomic E-state index is -0.267. The molecule has 0 aliphatic rings. The van der Waals surface area contributed by atoms with E-state index in [4.69, 9.17) is 0 Å². The topological polar surface area (TPSA) is 12.9 Å². The molecule has 66 valence electrons. The zero-order chi connectivity index (χ0) is 9.42. The van der Waals surface area contributed by atoms with Gasteiger partial charge in [0.15, 0.2) is 0 Å². The van der Waals surface area contributed by atoms with E-state index in [1.807, 2.05) is 19.1 Å². The zero-order valence-electron chi connectivity index (χ0n) is 7.01.